The third-order valence-electron chi connectivity index (χ3n) is 4.52. The zero-order valence-electron chi connectivity index (χ0n) is 13.9. The molecule has 0 fully saturated rings. The molecule has 2 rings (SSSR count). The Hall–Kier alpha value is -1.48. The quantitative estimate of drug-likeness (QED) is 0.713. The van der Waals surface area contributed by atoms with Crippen molar-refractivity contribution in [2.45, 2.75) is 47.5 Å². The molecule has 2 nitrogen and oxygen atoms in total. The molecular formula is C19H22BrNO. The Balaban J connectivity index is 2.32. The smallest absolute Gasteiger partial charge is 0.178 e. The van der Waals surface area contributed by atoms with Gasteiger partial charge in [-0.2, -0.15) is 0 Å². The number of aryl methyl sites for hydroxylation is 3. The Morgan fingerprint density at radius 1 is 1.00 bits per heavy atom. The van der Waals surface area contributed by atoms with E-state index in [0.717, 1.165) is 22.9 Å². The Kier molecular flexibility index (Phi) is 5.17. The number of aromatic nitrogens is 1. The molecule has 0 bridgehead atoms. The first-order chi connectivity index (χ1) is 10.3. The predicted octanol–water partition coefficient (Wildman–Crippen LogP) is 5.07. The standard InChI is InChI=1S/C19H22BrNO/c1-11-8-16(14(4)13(3)12(11)2)6-7-17-9-18(20)10-21-19(17)15(5)22/h8-10H,6-7H2,1-5H3. The van der Waals surface area contributed by atoms with Crippen molar-refractivity contribution in [1.82, 2.24) is 4.98 Å². The molecule has 0 saturated heterocycles. The van der Waals surface area contributed by atoms with Crippen LogP contribution in [0.4, 0.5) is 0 Å². The van der Waals surface area contributed by atoms with Gasteiger partial charge in [0.2, 0.25) is 0 Å². The van der Waals surface area contributed by atoms with Crippen LogP contribution in [0.15, 0.2) is 22.8 Å². The highest BCUT2D eigenvalue weighted by atomic mass is 79.9. The van der Waals surface area contributed by atoms with E-state index in [1.807, 2.05) is 6.07 Å². The van der Waals surface area contributed by atoms with Gasteiger partial charge in [0, 0.05) is 17.6 Å². The first-order valence-electron chi connectivity index (χ1n) is 7.53. The molecule has 0 aliphatic carbocycles. The van der Waals surface area contributed by atoms with E-state index in [2.05, 4.69) is 54.7 Å². The van der Waals surface area contributed by atoms with Gasteiger partial charge in [-0.05, 0) is 95.9 Å². The Labute approximate surface area is 141 Å². The van der Waals surface area contributed by atoms with E-state index in [1.165, 1.54) is 27.8 Å². The fourth-order valence-corrected chi connectivity index (χ4v) is 3.19. The van der Waals surface area contributed by atoms with E-state index < -0.39 is 0 Å². The lowest BCUT2D eigenvalue weighted by Crippen LogP contribution is -2.06. The van der Waals surface area contributed by atoms with Crippen LogP contribution in [0.5, 0.6) is 0 Å². The molecule has 3 heteroatoms. The van der Waals surface area contributed by atoms with E-state index in [-0.39, 0.29) is 5.78 Å². The number of benzene rings is 1. The molecule has 0 saturated carbocycles. The van der Waals surface area contributed by atoms with E-state index in [9.17, 15) is 4.79 Å². The average molecular weight is 360 g/mol. The minimum absolute atomic E-state index is 0.0236. The number of hydrogen-bond donors (Lipinski definition) is 0. The normalized spacial score (nSPS) is 10.8. The number of nitrogens with zero attached hydrogens (tertiary/aromatic N) is 1. The van der Waals surface area contributed by atoms with Crippen LogP contribution in [0.2, 0.25) is 0 Å². The lowest BCUT2D eigenvalue weighted by molar-refractivity contribution is 0.101. The Bertz CT molecular complexity index is 735. The molecule has 1 aromatic carbocycles. The van der Waals surface area contributed by atoms with Crippen LogP contribution in [0.25, 0.3) is 0 Å². The summed E-state index contributed by atoms with van der Waals surface area (Å²) in [7, 11) is 0. The second-order valence-corrected chi connectivity index (χ2v) is 6.86. The van der Waals surface area contributed by atoms with Gasteiger partial charge in [-0.3, -0.25) is 9.78 Å². The van der Waals surface area contributed by atoms with E-state index in [0.29, 0.717) is 5.69 Å². The predicted molar refractivity (Wildman–Crippen MR) is 94.7 cm³/mol. The van der Waals surface area contributed by atoms with Crippen LogP contribution in [0, 0.1) is 27.7 Å². The number of Topliss-reactive ketones (excluding diaryl/α,β-unsaturated/α-hetero) is 1. The molecule has 0 N–H and O–H groups in total. The van der Waals surface area contributed by atoms with Crippen LogP contribution in [0.3, 0.4) is 0 Å². The van der Waals surface area contributed by atoms with Crippen LogP contribution >= 0.6 is 15.9 Å². The summed E-state index contributed by atoms with van der Waals surface area (Å²) in [6, 6.07) is 4.28. The summed E-state index contributed by atoms with van der Waals surface area (Å²) in [5, 5.41) is 0. The summed E-state index contributed by atoms with van der Waals surface area (Å²) >= 11 is 3.45. The van der Waals surface area contributed by atoms with Crippen molar-refractivity contribution in [3.05, 3.63) is 61.9 Å². The molecule has 1 heterocycles. The summed E-state index contributed by atoms with van der Waals surface area (Å²) < 4.78 is 0.917. The highest BCUT2D eigenvalue weighted by Crippen LogP contribution is 2.23. The van der Waals surface area contributed by atoms with E-state index in [4.69, 9.17) is 0 Å². The van der Waals surface area contributed by atoms with Gasteiger partial charge in [0.05, 0.1) is 0 Å². The molecule has 0 aliphatic heterocycles. The number of rotatable bonds is 4. The second-order valence-electron chi connectivity index (χ2n) is 5.95. The summed E-state index contributed by atoms with van der Waals surface area (Å²) in [5.74, 6) is 0.0236. The van der Waals surface area contributed by atoms with Crippen LogP contribution < -0.4 is 0 Å². The molecule has 0 unspecified atom stereocenters. The molecular weight excluding hydrogens is 338 g/mol. The SMILES string of the molecule is CC(=O)c1ncc(Br)cc1CCc1cc(C)c(C)c(C)c1C. The van der Waals surface area contributed by atoms with Crippen molar-refractivity contribution in [1.29, 1.82) is 0 Å². The Morgan fingerprint density at radius 3 is 2.27 bits per heavy atom. The van der Waals surface area contributed by atoms with Gasteiger partial charge < -0.3 is 0 Å². The monoisotopic (exact) mass is 359 g/mol. The fourth-order valence-electron chi connectivity index (χ4n) is 2.81. The maximum Gasteiger partial charge on any atom is 0.178 e. The fraction of sp³-hybridized carbons (Fsp3) is 0.368. The minimum Gasteiger partial charge on any atom is -0.293 e. The zero-order chi connectivity index (χ0) is 16.4. The van der Waals surface area contributed by atoms with Gasteiger partial charge in [-0.1, -0.05) is 6.07 Å². The Morgan fingerprint density at radius 2 is 1.64 bits per heavy atom. The molecule has 0 spiro atoms. The van der Waals surface area contributed by atoms with Crippen molar-refractivity contribution in [2.24, 2.45) is 0 Å². The van der Waals surface area contributed by atoms with Gasteiger partial charge in [-0.15, -0.1) is 0 Å². The lowest BCUT2D eigenvalue weighted by Gasteiger charge is -2.15. The minimum atomic E-state index is 0.0236. The largest absolute Gasteiger partial charge is 0.293 e. The highest BCUT2D eigenvalue weighted by molar-refractivity contribution is 9.10. The molecule has 0 atom stereocenters. The van der Waals surface area contributed by atoms with Gasteiger partial charge in [-0.25, -0.2) is 0 Å². The van der Waals surface area contributed by atoms with Crippen molar-refractivity contribution in [2.75, 3.05) is 0 Å². The first kappa shape index (κ1) is 16.9. The number of carbonyl (C=O) groups excluding carboxylic acids is 1. The molecule has 2 aromatic rings. The number of carbonyl (C=O) groups is 1. The van der Waals surface area contributed by atoms with Crippen molar-refractivity contribution in [3.8, 4) is 0 Å². The van der Waals surface area contributed by atoms with Gasteiger partial charge in [0.15, 0.2) is 5.78 Å². The van der Waals surface area contributed by atoms with Crippen molar-refractivity contribution in [3.63, 3.8) is 0 Å². The highest BCUT2D eigenvalue weighted by Gasteiger charge is 2.12. The summed E-state index contributed by atoms with van der Waals surface area (Å²) in [4.78, 5) is 16.0. The average Bonchev–Trinajstić information content (AvgIpc) is 2.47. The first-order valence-corrected chi connectivity index (χ1v) is 8.32. The topological polar surface area (TPSA) is 30.0 Å². The maximum atomic E-state index is 11.7. The molecule has 1 aromatic heterocycles. The number of halogens is 1. The molecule has 0 amide bonds. The van der Waals surface area contributed by atoms with Crippen molar-refractivity contribution < 1.29 is 4.79 Å². The van der Waals surface area contributed by atoms with Gasteiger partial charge in [0.1, 0.15) is 5.69 Å². The lowest BCUT2D eigenvalue weighted by atomic mass is 9.91. The molecule has 0 aliphatic rings. The summed E-state index contributed by atoms with van der Waals surface area (Å²) in [6.07, 6.45) is 3.43. The van der Waals surface area contributed by atoms with E-state index >= 15 is 0 Å². The second kappa shape index (κ2) is 6.74. The number of pyridine rings is 1. The third kappa shape index (κ3) is 3.46. The molecule has 0 radical (unpaired) electrons. The van der Waals surface area contributed by atoms with Crippen LogP contribution in [-0.2, 0) is 12.8 Å². The third-order valence-corrected chi connectivity index (χ3v) is 4.95. The van der Waals surface area contributed by atoms with E-state index in [1.54, 1.807) is 13.1 Å². The van der Waals surface area contributed by atoms with Gasteiger partial charge in [0.25, 0.3) is 0 Å². The van der Waals surface area contributed by atoms with Crippen LogP contribution in [-0.4, -0.2) is 10.8 Å². The number of ketones is 1. The molecule has 116 valence electrons. The maximum absolute atomic E-state index is 11.7. The zero-order valence-corrected chi connectivity index (χ0v) is 15.5. The molecule has 22 heavy (non-hydrogen) atoms. The van der Waals surface area contributed by atoms with Crippen molar-refractivity contribution >= 4 is 21.7 Å². The van der Waals surface area contributed by atoms with Gasteiger partial charge >= 0.3 is 0 Å². The summed E-state index contributed by atoms with van der Waals surface area (Å²) in [6.45, 7) is 10.3. The number of hydrogen-bond acceptors (Lipinski definition) is 2. The van der Waals surface area contributed by atoms with Crippen LogP contribution in [0.1, 0.15) is 50.8 Å². The summed E-state index contributed by atoms with van der Waals surface area (Å²) in [5.41, 5.74) is 8.38.